The van der Waals surface area contributed by atoms with Gasteiger partial charge in [0.25, 0.3) is 0 Å². The van der Waals surface area contributed by atoms with Crippen LogP contribution in [0, 0.1) is 6.92 Å². The Kier molecular flexibility index (Phi) is 4.66. The van der Waals surface area contributed by atoms with Gasteiger partial charge in [0.15, 0.2) is 0 Å². The van der Waals surface area contributed by atoms with Crippen molar-refractivity contribution in [2.45, 2.75) is 20.0 Å². The fraction of sp³-hybridized carbons (Fsp3) is 0.136. The third-order valence-corrected chi connectivity index (χ3v) is 4.26. The number of aliphatic hydroxyl groups excluding tert-OH is 1. The summed E-state index contributed by atoms with van der Waals surface area (Å²) in [5.74, 6) is 2.82. The number of oxazole rings is 1. The minimum atomic E-state index is 0.314. The van der Waals surface area contributed by atoms with Crippen molar-refractivity contribution >= 4 is 11.0 Å². The number of rotatable bonds is 6. The third-order valence-electron chi connectivity index (χ3n) is 4.26. The number of furan rings is 1. The van der Waals surface area contributed by atoms with Crippen LogP contribution in [-0.2, 0) is 13.0 Å². The lowest BCUT2D eigenvalue weighted by Gasteiger charge is -2.04. The van der Waals surface area contributed by atoms with Crippen LogP contribution in [0.15, 0.2) is 75.8 Å². The molecule has 4 rings (SSSR count). The van der Waals surface area contributed by atoms with Gasteiger partial charge in [0.1, 0.15) is 35.2 Å². The van der Waals surface area contributed by atoms with Gasteiger partial charge in [-0.15, -0.1) is 0 Å². The minimum Gasteiger partial charge on any atom is -0.516 e. The standard InChI is InChI=1S/C22H19NO4/c1-15-20(23-22(26-15)16-6-3-2-4-7-16)14-25-18-10-9-17-12-19(8-5-11-24)27-21(17)13-18/h2-7,9-13,24H,8,14H2,1H3. The molecular formula is C22H19NO4. The van der Waals surface area contributed by atoms with E-state index >= 15 is 0 Å². The van der Waals surface area contributed by atoms with E-state index in [1.165, 1.54) is 0 Å². The van der Waals surface area contributed by atoms with Gasteiger partial charge in [-0.3, -0.25) is 0 Å². The Morgan fingerprint density at radius 2 is 1.93 bits per heavy atom. The Balaban J connectivity index is 1.49. The number of aromatic nitrogens is 1. The molecule has 2 heterocycles. The van der Waals surface area contributed by atoms with Crippen molar-refractivity contribution in [2.24, 2.45) is 0 Å². The molecule has 0 aliphatic carbocycles. The van der Waals surface area contributed by atoms with Gasteiger partial charge in [-0.25, -0.2) is 4.98 Å². The molecule has 0 radical (unpaired) electrons. The molecule has 0 saturated heterocycles. The van der Waals surface area contributed by atoms with Gasteiger partial charge in [0, 0.05) is 23.4 Å². The molecule has 4 aromatic rings. The van der Waals surface area contributed by atoms with Crippen molar-refractivity contribution in [1.82, 2.24) is 4.98 Å². The molecule has 5 nitrogen and oxygen atoms in total. The number of hydrogen-bond acceptors (Lipinski definition) is 5. The first-order valence-electron chi connectivity index (χ1n) is 8.69. The molecule has 5 heteroatoms. The number of aliphatic hydroxyl groups is 1. The Morgan fingerprint density at radius 1 is 1.07 bits per heavy atom. The molecule has 0 aliphatic heterocycles. The summed E-state index contributed by atoms with van der Waals surface area (Å²) in [6.45, 7) is 2.20. The summed E-state index contributed by atoms with van der Waals surface area (Å²) in [6, 6.07) is 17.4. The maximum Gasteiger partial charge on any atom is 0.226 e. The van der Waals surface area contributed by atoms with E-state index in [0.717, 1.165) is 40.0 Å². The highest BCUT2D eigenvalue weighted by Crippen LogP contribution is 2.26. The van der Waals surface area contributed by atoms with Crippen LogP contribution in [-0.4, -0.2) is 10.1 Å². The van der Waals surface area contributed by atoms with Crippen LogP contribution in [0.5, 0.6) is 5.75 Å². The second-order valence-electron chi connectivity index (χ2n) is 6.18. The van der Waals surface area contributed by atoms with Gasteiger partial charge in [0.2, 0.25) is 5.89 Å². The maximum absolute atomic E-state index is 8.77. The van der Waals surface area contributed by atoms with E-state index in [1.54, 1.807) is 6.08 Å². The van der Waals surface area contributed by atoms with Crippen LogP contribution in [0.3, 0.4) is 0 Å². The van der Waals surface area contributed by atoms with Crippen molar-refractivity contribution in [1.29, 1.82) is 0 Å². The first-order chi connectivity index (χ1) is 13.2. The molecule has 0 unspecified atom stereocenters. The lowest BCUT2D eigenvalue weighted by atomic mass is 10.2. The van der Waals surface area contributed by atoms with Gasteiger partial charge in [-0.2, -0.15) is 0 Å². The Labute approximate surface area is 156 Å². The fourth-order valence-electron chi connectivity index (χ4n) is 2.84. The molecular weight excluding hydrogens is 342 g/mol. The van der Waals surface area contributed by atoms with Crippen LogP contribution < -0.4 is 4.74 Å². The van der Waals surface area contributed by atoms with Crippen molar-refractivity contribution < 1.29 is 18.7 Å². The quantitative estimate of drug-likeness (QED) is 0.453. The van der Waals surface area contributed by atoms with Crippen LogP contribution in [0.1, 0.15) is 17.2 Å². The number of benzene rings is 2. The molecule has 0 atom stereocenters. The zero-order chi connectivity index (χ0) is 18.6. The van der Waals surface area contributed by atoms with Gasteiger partial charge in [0.05, 0.1) is 6.26 Å². The summed E-state index contributed by atoms with van der Waals surface area (Å²) >= 11 is 0. The molecule has 136 valence electrons. The van der Waals surface area contributed by atoms with Crippen LogP contribution in [0.2, 0.25) is 0 Å². The predicted molar refractivity (Wildman–Crippen MR) is 103 cm³/mol. The summed E-state index contributed by atoms with van der Waals surface area (Å²) in [6.07, 6.45) is 3.19. The average Bonchev–Trinajstić information content (AvgIpc) is 3.28. The van der Waals surface area contributed by atoms with Crippen molar-refractivity contribution in [2.75, 3.05) is 0 Å². The number of ether oxygens (including phenoxy) is 1. The smallest absolute Gasteiger partial charge is 0.226 e. The number of allylic oxidation sites excluding steroid dienone is 1. The topological polar surface area (TPSA) is 68.6 Å². The fourth-order valence-corrected chi connectivity index (χ4v) is 2.84. The summed E-state index contributed by atoms with van der Waals surface area (Å²) in [7, 11) is 0. The Morgan fingerprint density at radius 3 is 2.74 bits per heavy atom. The molecule has 0 fully saturated rings. The zero-order valence-corrected chi connectivity index (χ0v) is 14.9. The first kappa shape index (κ1) is 17.0. The largest absolute Gasteiger partial charge is 0.516 e. The molecule has 2 aromatic carbocycles. The molecule has 1 N–H and O–H groups in total. The van der Waals surface area contributed by atoms with Crippen LogP contribution in [0.4, 0.5) is 0 Å². The van der Waals surface area contributed by atoms with Crippen molar-refractivity contribution in [3.63, 3.8) is 0 Å². The van der Waals surface area contributed by atoms with E-state index in [9.17, 15) is 0 Å². The number of hydrogen-bond donors (Lipinski definition) is 1. The van der Waals surface area contributed by atoms with E-state index in [0.29, 0.717) is 24.7 Å². The summed E-state index contributed by atoms with van der Waals surface area (Å²) in [5.41, 5.74) is 2.45. The second-order valence-corrected chi connectivity index (χ2v) is 6.18. The first-order valence-corrected chi connectivity index (χ1v) is 8.69. The lowest BCUT2D eigenvalue weighted by molar-refractivity contribution is 0.299. The lowest BCUT2D eigenvalue weighted by Crippen LogP contribution is -1.97. The molecule has 0 amide bonds. The van der Waals surface area contributed by atoms with E-state index in [1.807, 2.05) is 61.5 Å². The van der Waals surface area contributed by atoms with E-state index in [2.05, 4.69) is 4.98 Å². The normalized spacial score (nSPS) is 11.4. The predicted octanol–water partition coefficient (Wildman–Crippen LogP) is 5.59. The van der Waals surface area contributed by atoms with Gasteiger partial charge < -0.3 is 18.7 Å². The molecule has 0 saturated carbocycles. The monoisotopic (exact) mass is 361 g/mol. The van der Waals surface area contributed by atoms with Gasteiger partial charge >= 0.3 is 0 Å². The molecule has 2 aromatic heterocycles. The number of fused-ring (bicyclic) bond motifs is 1. The highest BCUT2D eigenvalue weighted by atomic mass is 16.5. The average molecular weight is 361 g/mol. The third kappa shape index (κ3) is 3.72. The van der Waals surface area contributed by atoms with E-state index < -0.39 is 0 Å². The van der Waals surface area contributed by atoms with Crippen molar-refractivity contribution in [3.8, 4) is 17.2 Å². The number of aryl methyl sites for hydroxylation is 1. The summed E-state index contributed by atoms with van der Waals surface area (Å²) < 4.78 is 17.4. The van der Waals surface area contributed by atoms with E-state index in [-0.39, 0.29) is 0 Å². The van der Waals surface area contributed by atoms with Crippen molar-refractivity contribution in [3.05, 3.63) is 84.1 Å². The van der Waals surface area contributed by atoms with Gasteiger partial charge in [-0.1, -0.05) is 18.2 Å². The van der Waals surface area contributed by atoms with Gasteiger partial charge in [-0.05, 0) is 43.3 Å². The minimum absolute atomic E-state index is 0.314. The Hall–Kier alpha value is -3.47. The van der Waals surface area contributed by atoms with E-state index in [4.69, 9.17) is 18.7 Å². The van der Waals surface area contributed by atoms with Crippen LogP contribution >= 0.6 is 0 Å². The highest BCUT2D eigenvalue weighted by molar-refractivity contribution is 5.79. The Bertz CT molecular complexity index is 1080. The second kappa shape index (κ2) is 7.41. The molecule has 0 bridgehead atoms. The summed E-state index contributed by atoms with van der Waals surface area (Å²) in [4.78, 5) is 4.55. The summed E-state index contributed by atoms with van der Waals surface area (Å²) in [5, 5.41) is 9.76. The number of nitrogens with zero attached hydrogens (tertiary/aromatic N) is 1. The molecule has 0 aliphatic rings. The molecule has 27 heavy (non-hydrogen) atoms. The highest BCUT2D eigenvalue weighted by Gasteiger charge is 2.12. The maximum atomic E-state index is 8.77. The zero-order valence-electron chi connectivity index (χ0n) is 14.9. The van der Waals surface area contributed by atoms with Crippen LogP contribution in [0.25, 0.3) is 22.4 Å². The molecule has 0 spiro atoms. The SMILES string of the molecule is Cc1oc(-c2ccccc2)nc1COc1ccc2cc(CC=CO)oc2c1.